The molecule has 0 spiro atoms. The zero-order chi connectivity index (χ0) is 15.5. The summed E-state index contributed by atoms with van der Waals surface area (Å²) in [7, 11) is 0. The van der Waals surface area contributed by atoms with Gasteiger partial charge in [0.2, 0.25) is 0 Å². The number of anilines is 1. The lowest BCUT2D eigenvalue weighted by molar-refractivity contribution is -0.134. The smallest absolute Gasteiger partial charge is 0.389 e. The minimum Gasteiger partial charge on any atom is -0.478 e. The van der Waals surface area contributed by atoms with Gasteiger partial charge >= 0.3 is 12.1 Å². The Balaban J connectivity index is 2.23. The first-order valence-electron chi connectivity index (χ1n) is 6.30. The number of alkyl halides is 3. The molecule has 0 bridgehead atoms. The van der Waals surface area contributed by atoms with Gasteiger partial charge in [-0.1, -0.05) is 18.2 Å². The quantitative estimate of drug-likeness (QED) is 0.826. The Morgan fingerprint density at radius 3 is 2.67 bits per heavy atom. The van der Waals surface area contributed by atoms with Crippen LogP contribution < -0.4 is 5.32 Å². The summed E-state index contributed by atoms with van der Waals surface area (Å²) in [6.45, 7) is 0.0355. The van der Waals surface area contributed by atoms with Crippen LogP contribution in [0.4, 0.5) is 18.9 Å². The van der Waals surface area contributed by atoms with E-state index in [1.54, 1.807) is 24.3 Å². The number of nitrogens with zero attached hydrogens (tertiary/aromatic N) is 1. The van der Waals surface area contributed by atoms with E-state index in [0.717, 1.165) is 0 Å². The van der Waals surface area contributed by atoms with E-state index in [0.29, 0.717) is 16.6 Å². The van der Waals surface area contributed by atoms with E-state index in [2.05, 4.69) is 10.3 Å². The molecule has 2 rings (SSSR count). The molecule has 0 amide bonds. The molecule has 0 aliphatic carbocycles. The van der Waals surface area contributed by atoms with Crippen molar-refractivity contribution in [1.29, 1.82) is 0 Å². The van der Waals surface area contributed by atoms with Crippen LogP contribution in [0.1, 0.15) is 23.2 Å². The summed E-state index contributed by atoms with van der Waals surface area (Å²) >= 11 is 0. The second-order valence-electron chi connectivity index (χ2n) is 4.51. The molecule has 1 aromatic carbocycles. The number of hydrogen-bond donors (Lipinski definition) is 2. The number of carboxylic acids is 1. The molecule has 0 saturated heterocycles. The Kier molecular flexibility index (Phi) is 4.30. The Morgan fingerprint density at radius 1 is 1.29 bits per heavy atom. The van der Waals surface area contributed by atoms with Crippen LogP contribution in [-0.2, 0) is 0 Å². The molecule has 0 atom stereocenters. The fourth-order valence-corrected chi connectivity index (χ4v) is 2.00. The Bertz CT molecular complexity index is 656. The number of fused-ring (bicyclic) bond motifs is 1. The second-order valence-corrected chi connectivity index (χ2v) is 4.51. The van der Waals surface area contributed by atoms with E-state index in [4.69, 9.17) is 5.11 Å². The first kappa shape index (κ1) is 15.1. The third-order valence-electron chi connectivity index (χ3n) is 2.94. The van der Waals surface area contributed by atoms with Gasteiger partial charge in [-0.05, 0) is 12.5 Å². The number of aromatic carboxylic acids is 1. The molecule has 0 unspecified atom stereocenters. The van der Waals surface area contributed by atoms with Crippen molar-refractivity contribution in [2.45, 2.75) is 19.0 Å². The minimum atomic E-state index is -4.21. The summed E-state index contributed by atoms with van der Waals surface area (Å²) < 4.78 is 36.3. The number of para-hydroxylation sites is 1. The maximum atomic E-state index is 12.1. The number of rotatable bonds is 5. The highest BCUT2D eigenvalue weighted by Crippen LogP contribution is 2.27. The lowest BCUT2D eigenvalue weighted by Gasteiger charge is -2.13. The van der Waals surface area contributed by atoms with Crippen molar-refractivity contribution in [2.24, 2.45) is 0 Å². The third-order valence-corrected chi connectivity index (χ3v) is 2.94. The normalized spacial score (nSPS) is 11.6. The van der Waals surface area contributed by atoms with Gasteiger partial charge in [0.1, 0.15) is 5.56 Å². The van der Waals surface area contributed by atoms with Gasteiger partial charge in [-0.3, -0.25) is 4.98 Å². The van der Waals surface area contributed by atoms with Crippen LogP contribution in [0.2, 0.25) is 0 Å². The molecular formula is C14H13F3N2O2. The SMILES string of the molecule is O=C(O)c1cnc2ccccc2c1NCCCC(F)(F)F. The number of benzene rings is 1. The summed E-state index contributed by atoms with van der Waals surface area (Å²) in [6.07, 6.45) is -4.04. The van der Waals surface area contributed by atoms with Crippen molar-refractivity contribution in [3.05, 3.63) is 36.0 Å². The Labute approximate surface area is 118 Å². The van der Waals surface area contributed by atoms with Crippen LogP contribution in [0.3, 0.4) is 0 Å². The molecule has 0 aliphatic rings. The molecule has 1 aromatic heterocycles. The van der Waals surface area contributed by atoms with E-state index in [9.17, 15) is 18.0 Å². The topological polar surface area (TPSA) is 62.2 Å². The van der Waals surface area contributed by atoms with Crippen molar-refractivity contribution in [3.63, 3.8) is 0 Å². The van der Waals surface area contributed by atoms with Crippen molar-refractivity contribution in [1.82, 2.24) is 4.98 Å². The van der Waals surface area contributed by atoms with Crippen LogP contribution in [0.15, 0.2) is 30.5 Å². The van der Waals surface area contributed by atoms with Gasteiger partial charge in [0.15, 0.2) is 0 Å². The molecule has 112 valence electrons. The second kappa shape index (κ2) is 5.99. The lowest BCUT2D eigenvalue weighted by atomic mass is 10.1. The number of nitrogens with one attached hydrogen (secondary N) is 1. The largest absolute Gasteiger partial charge is 0.478 e. The molecule has 2 aromatic rings. The van der Waals surface area contributed by atoms with Gasteiger partial charge in [-0.15, -0.1) is 0 Å². The maximum Gasteiger partial charge on any atom is 0.389 e. The summed E-state index contributed by atoms with van der Waals surface area (Å²) in [5.41, 5.74) is 0.830. The van der Waals surface area contributed by atoms with Crippen molar-refractivity contribution in [3.8, 4) is 0 Å². The van der Waals surface area contributed by atoms with Gasteiger partial charge in [0.25, 0.3) is 0 Å². The van der Waals surface area contributed by atoms with Crippen molar-refractivity contribution in [2.75, 3.05) is 11.9 Å². The van der Waals surface area contributed by atoms with E-state index in [1.165, 1.54) is 6.20 Å². The van der Waals surface area contributed by atoms with Crippen LogP contribution in [-0.4, -0.2) is 28.8 Å². The summed E-state index contributed by atoms with van der Waals surface area (Å²) in [5, 5.41) is 12.5. The van der Waals surface area contributed by atoms with Gasteiger partial charge in [-0.2, -0.15) is 13.2 Å². The molecule has 4 nitrogen and oxygen atoms in total. The summed E-state index contributed by atoms with van der Waals surface area (Å²) in [4.78, 5) is 15.2. The zero-order valence-corrected chi connectivity index (χ0v) is 10.9. The van der Waals surface area contributed by atoms with Gasteiger partial charge in [-0.25, -0.2) is 4.79 Å². The molecule has 0 fully saturated rings. The summed E-state index contributed by atoms with van der Waals surface area (Å²) in [6, 6.07) is 6.86. The first-order chi connectivity index (χ1) is 9.88. The number of halogens is 3. The van der Waals surface area contributed by atoms with Crippen LogP contribution >= 0.6 is 0 Å². The minimum absolute atomic E-state index is 0.0355. The van der Waals surface area contributed by atoms with E-state index >= 15 is 0 Å². The maximum absolute atomic E-state index is 12.1. The molecule has 7 heteroatoms. The van der Waals surface area contributed by atoms with Gasteiger partial charge in [0.05, 0.1) is 11.2 Å². The highest BCUT2D eigenvalue weighted by molar-refractivity contribution is 6.04. The molecule has 21 heavy (non-hydrogen) atoms. The fraction of sp³-hybridized carbons (Fsp3) is 0.286. The molecule has 1 heterocycles. The van der Waals surface area contributed by atoms with E-state index < -0.39 is 18.6 Å². The first-order valence-corrected chi connectivity index (χ1v) is 6.30. The predicted octanol–water partition coefficient (Wildman–Crippen LogP) is 3.69. The molecule has 0 aliphatic heterocycles. The number of hydrogen-bond acceptors (Lipinski definition) is 3. The van der Waals surface area contributed by atoms with Crippen LogP contribution in [0, 0.1) is 0 Å². The van der Waals surface area contributed by atoms with E-state index in [-0.39, 0.29) is 18.5 Å². The number of carboxylic acid groups (broad SMARTS) is 1. The van der Waals surface area contributed by atoms with Gasteiger partial charge in [0, 0.05) is 24.5 Å². The Morgan fingerprint density at radius 2 is 2.00 bits per heavy atom. The van der Waals surface area contributed by atoms with Crippen LogP contribution in [0.5, 0.6) is 0 Å². The molecule has 0 saturated carbocycles. The number of pyridine rings is 1. The van der Waals surface area contributed by atoms with Crippen molar-refractivity contribution < 1.29 is 23.1 Å². The third kappa shape index (κ3) is 3.84. The van der Waals surface area contributed by atoms with Crippen molar-refractivity contribution >= 4 is 22.6 Å². The van der Waals surface area contributed by atoms with Crippen LogP contribution in [0.25, 0.3) is 10.9 Å². The average Bonchev–Trinajstić information content (AvgIpc) is 2.42. The lowest BCUT2D eigenvalue weighted by Crippen LogP contribution is -2.13. The highest BCUT2D eigenvalue weighted by atomic mass is 19.4. The summed E-state index contributed by atoms with van der Waals surface area (Å²) in [5.74, 6) is -1.17. The fourth-order valence-electron chi connectivity index (χ4n) is 2.00. The predicted molar refractivity (Wildman–Crippen MR) is 72.5 cm³/mol. The molecule has 0 radical (unpaired) electrons. The highest BCUT2D eigenvalue weighted by Gasteiger charge is 2.26. The Hall–Kier alpha value is -2.31. The molecule has 2 N–H and O–H groups in total. The standard InChI is InChI=1S/C14H13F3N2O2/c15-14(16,17)6-3-7-18-12-9-4-1-2-5-11(9)19-8-10(12)13(20)21/h1-2,4-5,8H,3,6-7H2,(H,18,19)(H,20,21). The molecular weight excluding hydrogens is 285 g/mol. The average molecular weight is 298 g/mol. The number of carbonyl (C=O) groups is 1. The van der Waals surface area contributed by atoms with Gasteiger partial charge < -0.3 is 10.4 Å². The zero-order valence-electron chi connectivity index (χ0n) is 10.9. The number of aromatic nitrogens is 1. The monoisotopic (exact) mass is 298 g/mol. The van der Waals surface area contributed by atoms with E-state index in [1.807, 2.05) is 0 Å².